The Morgan fingerprint density at radius 1 is 1.18 bits per heavy atom. The van der Waals surface area contributed by atoms with Crippen LogP contribution in [0.2, 0.25) is 0 Å². The first-order chi connectivity index (χ1) is 10.5. The molecule has 2 aromatic carbocycles. The summed E-state index contributed by atoms with van der Waals surface area (Å²) in [6.07, 6.45) is 0. The number of carboxylic acid groups (broad SMARTS) is 1. The minimum Gasteiger partial charge on any atom is -0.478 e. The first-order valence-corrected chi connectivity index (χ1v) is 6.83. The average molecular weight is 301 g/mol. The van der Waals surface area contributed by atoms with E-state index in [-0.39, 0.29) is 18.0 Å². The van der Waals surface area contributed by atoms with Crippen LogP contribution in [-0.4, -0.2) is 17.0 Å². The number of carbonyl (C=O) groups is 2. The van der Waals surface area contributed by atoms with Crippen LogP contribution in [0.4, 0.5) is 4.39 Å². The van der Waals surface area contributed by atoms with Crippen LogP contribution in [0.5, 0.6) is 0 Å². The molecule has 0 spiro atoms. The van der Waals surface area contributed by atoms with Crippen LogP contribution < -0.4 is 5.32 Å². The van der Waals surface area contributed by atoms with Gasteiger partial charge in [-0.25, -0.2) is 9.18 Å². The van der Waals surface area contributed by atoms with Crippen molar-refractivity contribution in [1.29, 1.82) is 0 Å². The number of aromatic carboxylic acids is 1. The van der Waals surface area contributed by atoms with Gasteiger partial charge in [0.05, 0.1) is 11.5 Å². The van der Waals surface area contributed by atoms with Gasteiger partial charge >= 0.3 is 5.97 Å². The van der Waals surface area contributed by atoms with Gasteiger partial charge in [0.15, 0.2) is 0 Å². The van der Waals surface area contributed by atoms with E-state index in [1.54, 1.807) is 37.3 Å². The normalized spacial score (nSPS) is 11.7. The van der Waals surface area contributed by atoms with Crippen LogP contribution in [0.25, 0.3) is 0 Å². The van der Waals surface area contributed by atoms with Crippen LogP contribution in [0, 0.1) is 5.82 Å². The second-order valence-electron chi connectivity index (χ2n) is 4.97. The fourth-order valence-corrected chi connectivity index (χ4v) is 2.12. The van der Waals surface area contributed by atoms with Crippen molar-refractivity contribution in [3.05, 3.63) is 71.0 Å². The third-order valence-corrected chi connectivity index (χ3v) is 3.41. The van der Waals surface area contributed by atoms with E-state index in [2.05, 4.69) is 5.32 Å². The molecule has 0 saturated carbocycles. The zero-order chi connectivity index (χ0) is 16.1. The highest BCUT2D eigenvalue weighted by Crippen LogP contribution is 2.18. The lowest BCUT2D eigenvalue weighted by atomic mass is 9.99. The van der Waals surface area contributed by atoms with Gasteiger partial charge in [-0.2, -0.15) is 0 Å². The highest BCUT2D eigenvalue weighted by molar-refractivity contribution is 5.87. The maximum absolute atomic E-state index is 13.7. The number of carboxylic acids is 1. The molecule has 0 heterocycles. The van der Waals surface area contributed by atoms with Gasteiger partial charge in [-0.05, 0) is 36.2 Å². The smallest absolute Gasteiger partial charge is 0.335 e. The molecular weight excluding hydrogens is 285 g/mol. The number of hydrogen-bond acceptors (Lipinski definition) is 2. The maximum atomic E-state index is 13.7. The van der Waals surface area contributed by atoms with Gasteiger partial charge in [-0.1, -0.05) is 30.3 Å². The number of carbonyl (C=O) groups excluding carboxylic acids is 1. The Kier molecular flexibility index (Phi) is 4.88. The Morgan fingerprint density at radius 3 is 2.59 bits per heavy atom. The standard InChI is InChI=1S/C17H16FNO3/c1-11(14-7-2-3-8-15(14)18)16(20)19-10-12-5-4-6-13(9-12)17(21)22/h2-9,11H,10H2,1H3,(H,19,20)(H,21,22). The number of hydrogen-bond donors (Lipinski definition) is 2. The van der Waals surface area contributed by atoms with E-state index >= 15 is 0 Å². The fourth-order valence-electron chi connectivity index (χ4n) is 2.12. The lowest BCUT2D eigenvalue weighted by Gasteiger charge is -2.13. The monoisotopic (exact) mass is 301 g/mol. The molecule has 0 saturated heterocycles. The fraction of sp³-hybridized carbons (Fsp3) is 0.176. The second-order valence-corrected chi connectivity index (χ2v) is 4.97. The van der Waals surface area contributed by atoms with Crippen molar-refractivity contribution >= 4 is 11.9 Å². The molecule has 114 valence electrons. The van der Waals surface area contributed by atoms with Crippen LogP contribution in [0.1, 0.15) is 34.3 Å². The molecule has 2 rings (SSSR count). The third-order valence-electron chi connectivity index (χ3n) is 3.41. The molecule has 0 radical (unpaired) electrons. The number of benzene rings is 2. The molecule has 1 amide bonds. The summed E-state index contributed by atoms with van der Waals surface area (Å²) in [5.41, 5.74) is 1.17. The van der Waals surface area contributed by atoms with Crippen LogP contribution in [0.3, 0.4) is 0 Å². The van der Waals surface area contributed by atoms with Crippen molar-refractivity contribution in [2.75, 3.05) is 0 Å². The van der Waals surface area contributed by atoms with E-state index < -0.39 is 17.7 Å². The summed E-state index contributed by atoms with van der Waals surface area (Å²) in [4.78, 5) is 23.0. The molecule has 0 aromatic heterocycles. The van der Waals surface area contributed by atoms with Gasteiger partial charge < -0.3 is 10.4 Å². The topological polar surface area (TPSA) is 66.4 Å². The molecule has 0 aliphatic heterocycles. The predicted molar refractivity (Wildman–Crippen MR) is 80.1 cm³/mol. The van der Waals surface area contributed by atoms with Crippen LogP contribution >= 0.6 is 0 Å². The van der Waals surface area contributed by atoms with Crippen molar-refractivity contribution in [3.63, 3.8) is 0 Å². The van der Waals surface area contributed by atoms with Gasteiger partial charge in [0.1, 0.15) is 5.82 Å². The summed E-state index contributed by atoms with van der Waals surface area (Å²) in [5.74, 6) is -2.37. The number of rotatable bonds is 5. The summed E-state index contributed by atoms with van der Waals surface area (Å²) >= 11 is 0. The van der Waals surface area contributed by atoms with Gasteiger partial charge in [0, 0.05) is 6.54 Å². The highest BCUT2D eigenvalue weighted by Gasteiger charge is 2.18. The molecule has 2 aromatic rings. The zero-order valence-corrected chi connectivity index (χ0v) is 12.0. The number of halogens is 1. The molecule has 22 heavy (non-hydrogen) atoms. The van der Waals surface area contributed by atoms with Crippen molar-refractivity contribution < 1.29 is 19.1 Å². The van der Waals surface area contributed by atoms with Crippen molar-refractivity contribution in [2.45, 2.75) is 19.4 Å². The number of nitrogens with one attached hydrogen (secondary N) is 1. The van der Waals surface area contributed by atoms with E-state index in [1.165, 1.54) is 18.2 Å². The summed E-state index contributed by atoms with van der Waals surface area (Å²) < 4.78 is 13.7. The average Bonchev–Trinajstić information content (AvgIpc) is 2.52. The Labute approximate surface area is 127 Å². The minimum absolute atomic E-state index is 0.161. The van der Waals surface area contributed by atoms with E-state index in [1.807, 2.05) is 0 Å². The summed E-state index contributed by atoms with van der Waals surface area (Å²) in [7, 11) is 0. The molecule has 2 N–H and O–H groups in total. The Bertz CT molecular complexity index is 700. The first kappa shape index (κ1) is 15.7. The van der Waals surface area contributed by atoms with Crippen LogP contribution in [-0.2, 0) is 11.3 Å². The first-order valence-electron chi connectivity index (χ1n) is 6.83. The summed E-state index contributed by atoms with van der Waals surface area (Å²) in [6.45, 7) is 1.82. The van der Waals surface area contributed by atoms with E-state index in [0.717, 1.165) is 0 Å². The molecule has 1 atom stereocenters. The largest absolute Gasteiger partial charge is 0.478 e. The van der Waals surface area contributed by atoms with Crippen molar-refractivity contribution in [3.8, 4) is 0 Å². The summed E-state index contributed by atoms with van der Waals surface area (Å²) in [6, 6.07) is 12.5. The Morgan fingerprint density at radius 2 is 1.91 bits per heavy atom. The molecule has 4 nitrogen and oxygen atoms in total. The lowest BCUT2D eigenvalue weighted by Crippen LogP contribution is -2.28. The summed E-state index contributed by atoms with van der Waals surface area (Å²) in [5, 5.41) is 11.6. The zero-order valence-electron chi connectivity index (χ0n) is 12.0. The van der Waals surface area contributed by atoms with Gasteiger partial charge in [0.25, 0.3) is 0 Å². The third kappa shape index (κ3) is 3.69. The van der Waals surface area contributed by atoms with E-state index in [9.17, 15) is 14.0 Å². The molecule has 0 bridgehead atoms. The lowest BCUT2D eigenvalue weighted by molar-refractivity contribution is -0.122. The molecule has 0 aliphatic rings. The second kappa shape index (κ2) is 6.85. The molecule has 5 heteroatoms. The van der Waals surface area contributed by atoms with Crippen LogP contribution in [0.15, 0.2) is 48.5 Å². The SMILES string of the molecule is CC(C(=O)NCc1cccc(C(=O)O)c1)c1ccccc1F. The maximum Gasteiger partial charge on any atom is 0.335 e. The molecule has 1 unspecified atom stereocenters. The predicted octanol–water partition coefficient (Wildman–Crippen LogP) is 2.94. The molecule has 0 aliphatic carbocycles. The van der Waals surface area contributed by atoms with E-state index in [4.69, 9.17) is 5.11 Å². The van der Waals surface area contributed by atoms with Gasteiger partial charge in [-0.3, -0.25) is 4.79 Å². The number of amides is 1. The quantitative estimate of drug-likeness (QED) is 0.892. The molecule has 0 fully saturated rings. The van der Waals surface area contributed by atoms with Crippen molar-refractivity contribution in [1.82, 2.24) is 5.32 Å². The minimum atomic E-state index is -1.02. The van der Waals surface area contributed by atoms with Crippen molar-refractivity contribution in [2.24, 2.45) is 0 Å². The Balaban J connectivity index is 2.02. The highest BCUT2D eigenvalue weighted by atomic mass is 19.1. The molecular formula is C17H16FNO3. The van der Waals surface area contributed by atoms with Gasteiger partial charge in [-0.15, -0.1) is 0 Å². The van der Waals surface area contributed by atoms with Gasteiger partial charge in [0.2, 0.25) is 5.91 Å². The van der Waals surface area contributed by atoms with E-state index in [0.29, 0.717) is 11.1 Å². The Hall–Kier alpha value is -2.69.